The topological polar surface area (TPSA) is 97.4 Å². The van der Waals surface area contributed by atoms with E-state index in [0.717, 1.165) is 26.4 Å². The number of carbonyl (C=O) groups is 1. The Bertz CT molecular complexity index is 699. The van der Waals surface area contributed by atoms with E-state index in [1.807, 2.05) is 0 Å². The third-order valence-electron chi connectivity index (χ3n) is 2.48. The van der Waals surface area contributed by atoms with Crippen LogP contribution >= 0.6 is 0 Å². The van der Waals surface area contributed by atoms with E-state index in [4.69, 9.17) is 9.47 Å². The maximum atomic E-state index is 12.5. The fourth-order valence-corrected chi connectivity index (χ4v) is 1.92. The number of alkyl halides is 3. The molecule has 0 fully saturated rings. The Morgan fingerprint density at radius 3 is 2.17 bits per heavy atom. The van der Waals surface area contributed by atoms with Crippen LogP contribution in [0.4, 0.5) is 13.2 Å². The molecule has 0 spiro atoms. The van der Waals surface area contributed by atoms with Crippen LogP contribution in [0.15, 0.2) is 12.1 Å². The Balaban J connectivity index is 3.52. The highest BCUT2D eigenvalue weighted by atomic mass is 32.2. The minimum absolute atomic E-state index is 0.124. The van der Waals surface area contributed by atoms with Crippen LogP contribution in [-0.4, -0.2) is 48.0 Å². The van der Waals surface area contributed by atoms with E-state index >= 15 is 0 Å². The largest absolute Gasteiger partial charge is 0.534 e. The van der Waals surface area contributed by atoms with Crippen LogP contribution in [0.25, 0.3) is 0 Å². The van der Waals surface area contributed by atoms with Crippen molar-refractivity contribution in [3.05, 3.63) is 17.7 Å². The molecule has 0 unspecified atom stereocenters. The summed E-state index contributed by atoms with van der Waals surface area (Å²) in [6.45, 7) is -0.386. The summed E-state index contributed by atoms with van der Waals surface area (Å²) >= 11 is 0. The lowest BCUT2D eigenvalue weighted by molar-refractivity contribution is -0.0500. The zero-order valence-electron chi connectivity index (χ0n) is 12.7. The van der Waals surface area contributed by atoms with Gasteiger partial charge in [-0.05, 0) is 0 Å². The molecular weight excluding hydrogens is 361 g/mol. The molecule has 0 atom stereocenters. The molecule has 0 aliphatic carbocycles. The maximum Gasteiger partial charge on any atom is 0.534 e. The van der Waals surface area contributed by atoms with Gasteiger partial charge in [0.2, 0.25) is 0 Å². The monoisotopic (exact) mass is 374 g/mol. The smallest absolute Gasteiger partial charge is 0.496 e. The third kappa shape index (κ3) is 4.41. The Hall–Kier alpha value is -2.21. The Morgan fingerprint density at radius 1 is 1.12 bits per heavy atom. The second-order valence-electron chi connectivity index (χ2n) is 4.02. The highest BCUT2D eigenvalue weighted by molar-refractivity contribution is 7.88. The molecule has 1 rings (SSSR count). The number of methoxy groups -OCH3 is 3. The molecule has 0 radical (unpaired) electrons. The van der Waals surface area contributed by atoms with E-state index in [2.05, 4.69) is 13.7 Å². The van der Waals surface area contributed by atoms with Gasteiger partial charge in [-0.1, -0.05) is 0 Å². The Kier molecular flexibility index (Phi) is 6.26. The Morgan fingerprint density at radius 2 is 1.71 bits per heavy atom. The molecule has 0 heterocycles. The summed E-state index contributed by atoms with van der Waals surface area (Å²) < 4.78 is 82.9. The van der Waals surface area contributed by atoms with E-state index in [1.54, 1.807) is 0 Å². The van der Waals surface area contributed by atoms with Gasteiger partial charge in [-0.15, -0.1) is 0 Å². The molecule has 24 heavy (non-hydrogen) atoms. The number of esters is 1. The molecular formula is C12H13F3O8S. The molecule has 0 aliphatic heterocycles. The van der Waals surface area contributed by atoms with Gasteiger partial charge in [0, 0.05) is 19.2 Å². The predicted octanol–water partition coefficient (Wildman–Crippen LogP) is 1.69. The van der Waals surface area contributed by atoms with Crippen molar-refractivity contribution in [1.82, 2.24) is 0 Å². The maximum absolute atomic E-state index is 12.5. The number of hydrogen-bond acceptors (Lipinski definition) is 8. The molecule has 0 amide bonds. The van der Waals surface area contributed by atoms with Crippen LogP contribution in [0.2, 0.25) is 0 Å². The molecule has 0 aliphatic rings. The lowest BCUT2D eigenvalue weighted by atomic mass is 10.1. The van der Waals surface area contributed by atoms with Crippen molar-refractivity contribution in [2.24, 2.45) is 0 Å². The second kappa shape index (κ2) is 7.57. The van der Waals surface area contributed by atoms with Crippen LogP contribution in [0.3, 0.4) is 0 Å². The summed E-state index contributed by atoms with van der Waals surface area (Å²) in [6, 6.07) is 1.90. The number of halogens is 3. The number of carbonyl (C=O) groups excluding carboxylic acids is 1. The molecule has 0 saturated heterocycles. The van der Waals surface area contributed by atoms with Crippen LogP contribution in [0.5, 0.6) is 17.2 Å². The van der Waals surface area contributed by atoms with E-state index in [1.165, 1.54) is 7.11 Å². The number of hydrogen-bond donors (Lipinski definition) is 0. The molecule has 12 heteroatoms. The summed E-state index contributed by atoms with van der Waals surface area (Å²) in [5.74, 6) is -2.63. The van der Waals surface area contributed by atoms with Gasteiger partial charge in [-0.25, -0.2) is 4.79 Å². The first-order valence-corrected chi connectivity index (χ1v) is 7.41. The van der Waals surface area contributed by atoms with Gasteiger partial charge < -0.3 is 23.1 Å². The second-order valence-corrected chi connectivity index (χ2v) is 5.56. The van der Waals surface area contributed by atoms with E-state index in [9.17, 15) is 26.4 Å². The van der Waals surface area contributed by atoms with Gasteiger partial charge in [0.1, 0.15) is 17.1 Å². The minimum atomic E-state index is -6.03. The fourth-order valence-electron chi connectivity index (χ4n) is 1.45. The van der Waals surface area contributed by atoms with Gasteiger partial charge in [0.05, 0.1) is 14.2 Å². The predicted molar refractivity (Wildman–Crippen MR) is 72.4 cm³/mol. The highest BCUT2D eigenvalue weighted by Crippen LogP contribution is 2.37. The van der Waals surface area contributed by atoms with Gasteiger partial charge in [0.15, 0.2) is 12.5 Å². The van der Waals surface area contributed by atoms with E-state index in [0.29, 0.717) is 0 Å². The summed E-state index contributed by atoms with van der Waals surface area (Å²) in [7, 11) is -2.67. The first-order valence-electron chi connectivity index (χ1n) is 6.00. The van der Waals surface area contributed by atoms with Crippen molar-refractivity contribution in [3.63, 3.8) is 0 Å². The van der Waals surface area contributed by atoms with Crippen LogP contribution in [0, 0.1) is 0 Å². The lowest BCUT2D eigenvalue weighted by Gasteiger charge is -2.16. The summed E-state index contributed by atoms with van der Waals surface area (Å²) in [5, 5.41) is 0. The molecule has 136 valence electrons. The average Bonchev–Trinajstić information content (AvgIpc) is 2.50. The quantitative estimate of drug-likeness (QED) is 0.308. The molecule has 1 aromatic carbocycles. The van der Waals surface area contributed by atoms with Gasteiger partial charge in [-0.3, -0.25) is 0 Å². The molecule has 8 nitrogen and oxygen atoms in total. The number of ether oxygens (including phenoxy) is 4. The molecule has 1 aromatic rings. The zero-order valence-corrected chi connectivity index (χ0v) is 13.5. The van der Waals surface area contributed by atoms with Crippen molar-refractivity contribution in [3.8, 4) is 17.2 Å². The lowest BCUT2D eigenvalue weighted by Crippen LogP contribution is -2.28. The van der Waals surface area contributed by atoms with E-state index in [-0.39, 0.29) is 18.3 Å². The number of benzene rings is 1. The average molecular weight is 374 g/mol. The van der Waals surface area contributed by atoms with Crippen molar-refractivity contribution in [1.29, 1.82) is 0 Å². The molecule has 0 aromatic heterocycles. The van der Waals surface area contributed by atoms with Crippen LogP contribution in [-0.2, 0) is 19.6 Å². The molecule has 0 saturated carbocycles. The molecule has 0 N–H and O–H groups in total. The van der Waals surface area contributed by atoms with Crippen molar-refractivity contribution >= 4 is 16.1 Å². The zero-order chi connectivity index (χ0) is 18.5. The highest BCUT2D eigenvalue weighted by Gasteiger charge is 2.49. The Labute approximate surface area is 135 Å². The van der Waals surface area contributed by atoms with Gasteiger partial charge >= 0.3 is 21.6 Å². The van der Waals surface area contributed by atoms with Crippen LogP contribution < -0.4 is 13.7 Å². The van der Waals surface area contributed by atoms with Crippen molar-refractivity contribution < 1.29 is 49.5 Å². The SMILES string of the molecule is COCOc1cc(OC)cc(OS(=O)(=O)C(F)(F)F)c1C(=O)OC. The first-order chi connectivity index (χ1) is 11.1. The fraction of sp³-hybridized carbons (Fsp3) is 0.417. The van der Waals surface area contributed by atoms with Crippen LogP contribution in [0.1, 0.15) is 10.4 Å². The van der Waals surface area contributed by atoms with Gasteiger partial charge in [0.25, 0.3) is 0 Å². The minimum Gasteiger partial charge on any atom is -0.496 e. The van der Waals surface area contributed by atoms with Crippen molar-refractivity contribution in [2.45, 2.75) is 5.51 Å². The molecule has 0 bridgehead atoms. The normalized spacial score (nSPS) is 11.8. The third-order valence-corrected chi connectivity index (χ3v) is 3.45. The summed E-state index contributed by atoms with van der Waals surface area (Å²) in [5.41, 5.74) is -6.38. The summed E-state index contributed by atoms with van der Waals surface area (Å²) in [4.78, 5) is 11.8. The first kappa shape index (κ1) is 19.8. The van der Waals surface area contributed by atoms with Crippen molar-refractivity contribution in [2.75, 3.05) is 28.1 Å². The standard InChI is InChI=1S/C12H13F3O8S/c1-19-6-22-8-4-7(20-2)5-9(10(8)11(16)21-3)23-24(17,18)12(13,14)15/h4-5H,6H2,1-3H3. The summed E-state index contributed by atoms with van der Waals surface area (Å²) in [6.07, 6.45) is 0. The van der Waals surface area contributed by atoms with E-state index < -0.39 is 32.9 Å². The number of rotatable bonds is 7. The van der Waals surface area contributed by atoms with Gasteiger partial charge in [-0.2, -0.15) is 21.6 Å².